The summed E-state index contributed by atoms with van der Waals surface area (Å²) < 4.78 is 0. The molecule has 5 nitrogen and oxygen atoms in total. The fraction of sp³-hybridized carbons (Fsp3) is 0.125. The van der Waals surface area contributed by atoms with Crippen molar-refractivity contribution in [2.24, 2.45) is 5.10 Å². The summed E-state index contributed by atoms with van der Waals surface area (Å²) in [6, 6.07) is 11.6. The van der Waals surface area contributed by atoms with Crippen LogP contribution in [-0.4, -0.2) is 21.9 Å². The minimum absolute atomic E-state index is 0.155. The van der Waals surface area contributed by atoms with E-state index in [9.17, 15) is 9.90 Å². The zero-order valence-corrected chi connectivity index (χ0v) is 11.8. The summed E-state index contributed by atoms with van der Waals surface area (Å²) in [5.74, 6) is -0.835. The molecule has 0 saturated carbocycles. The van der Waals surface area contributed by atoms with E-state index in [0.29, 0.717) is 17.0 Å². The number of phenols is 1. The fourth-order valence-electron chi connectivity index (χ4n) is 1.87. The molecule has 0 saturated heterocycles. The number of aryl methyl sites for hydroxylation is 1. The monoisotopic (exact) mass is 284 g/mol. The maximum Gasteiger partial charge on any atom is 0.335 e. The average molecular weight is 284 g/mol. The highest BCUT2D eigenvalue weighted by Crippen LogP contribution is 2.19. The van der Waals surface area contributed by atoms with Gasteiger partial charge in [-0.1, -0.05) is 17.7 Å². The number of carbonyl (C=O) groups is 1. The highest BCUT2D eigenvalue weighted by molar-refractivity contribution is 6.01. The third kappa shape index (κ3) is 3.60. The molecule has 0 aliphatic rings. The topological polar surface area (TPSA) is 81.9 Å². The maximum atomic E-state index is 10.9. The Hall–Kier alpha value is -2.82. The van der Waals surface area contributed by atoms with Crippen LogP contribution in [0.5, 0.6) is 5.75 Å². The van der Waals surface area contributed by atoms with E-state index in [-0.39, 0.29) is 11.3 Å². The van der Waals surface area contributed by atoms with Crippen molar-refractivity contribution < 1.29 is 15.0 Å². The number of benzene rings is 2. The van der Waals surface area contributed by atoms with Crippen LogP contribution in [0.15, 0.2) is 47.6 Å². The molecule has 21 heavy (non-hydrogen) atoms. The summed E-state index contributed by atoms with van der Waals surface area (Å²) in [4.78, 5) is 10.9. The van der Waals surface area contributed by atoms with Crippen molar-refractivity contribution in [3.63, 3.8) is 0 Å². The van der Waals surface area contributed by atoms with Crippen molar-refractivity contribution >= 4 is 17.4 Å². The largest absolute Gasteiger partial charge is 0.507 e. The number of aromatic carboxylic acids is 1. The average Bonchev–Trinajstić information content (AvgIpc) is 2.47. The maximum absolute atomic E-state index is 10.9. The number of anilines is 1. The molecule has 0 aromatic heterocycles. The van der Waals surface area contributed by atoms with E-state index in [1.807, 2.05) is 19.1 Å². The molecule has 0 amide bonds. The number of phenolic OH excluding ortho intramolecular Hbond substituents is 1. The second kappa shape index (κ2) is 6.09. The van der Waals surface area contributed by atoms with E-state index in [1.165, 1.54) is 12.1 Å². The third-order valence-electron chi connectivity index (χ3n) is 3.00. The SMILES string of the molecule is C/C(=N/Nc1cccc(C(=O)O)c1)c1cc(C)ccc1O. The van der Waals surface area contributed by atoms with E-state index in [2.05, 4.69) is 10.5 Å². The van der Waals surface area contributed by atoms with Gasteiger partial charge in [-0.05, 0) is 44.2 Å². The van der Waals surface area contributed by atoms with Gasteiger partial charge in [0.15, 0.2) is 0 Å². The molecule has 2 aromatic rings. The number of rotatable bonds is 4. The highest BCUT2D eigenvalue weighted by Gasteiger charge is 2.06. The van der Waals surface area contributed by atoms with E-state index in [0.717, 1.165) is 5.56 Å². The van der Waals surface area contributed by atoms with Crippen LogP contribution in [0.4, 0.5) is 5.69 Å². The molecular formula is C16H16N2O3. The van der Waals surface area contributed by atoms with Gasteiger partial charge in [0.2, 0.25) is 0 Å². The molecule has 0 heterocycles. The molecule has 108 valence electrons. The molecule has 0 aliphatic carbocycles. The minimum atomic E-state index is -0.990. The lowest BCUT2D eigenvalue weighted by Crippen LogP contribution is -2.02. The van der Waals surface area contributed by atoms with Crippen LogP contribution in [-0.2, 0) is 0 Å². The Labute approximate surface area is 122 Å². The normalized spacial score (nSPS) is 11.2. The first-order valence-electron chi connectivity index (χ1n) is 6.41. The number of nitrogens with zero attached hydrogens (tertiary/aromatic N) is 1. The number of hydrogen-bond acceptors (Lipinski definition) is 4. The van der Waals surface area contributed by atoms with Crippen molar-refractivity contribution in [2.75, 3.05) is 5.43 Å². The van der Waals surface area contributed by atoms with Crippen LogP contribution in [0.2, 0.25) is 0 Å². The predicted molar refractivity (Wildman–Crippen MR) is 82.1 cm³/mol. The molecule has 2 rings (SSSR count). The van der Waals surface area contributed by atoms with E-state index in [1.54, 1.807) is 25.1 Å². The number of nitrogens with one attached hydrogen (secondary N) is 1. The zero-order valence-electron chi connectivity index (χ0n) is 11.8. The first-order chi connectivity index (χ1) is 9.97. The van der Waals surface area contributed by atoms with Crippen LogP contribution in [0.3, 0.4) is 0 Å². The van der Waals surface area contributed by atoms with Gasteiger partial charge in [-0.15, -0.1) is 0 Å². The van der Waals surface area contributed by atoms with Crippen molar-refractivity contribution in [3.8, 4) is 5.75 Å². The van der Waals surface area contributed by atoms with E-state index >= 15 is 0 Å². The summed E-state index contributed by atoms with van der Waals surface area (Å²) in [5, 5.41) is 22.9. The van der Waals surface area contributed by atoms with E-state index < -0.39 is 5.97 Å². The second-order valence-electron chi connectivity index (χ2n) is 4.72. The molecule has 0 atom stereocenters. The second-order valence-corrected chi connectivity index (χ2v) is 4.72. The lowest BCUT2D eigenvalue weighted by Gasteiger charge is -2.07. The first kappa shape index (κ1) is 14.6. The predicted octanol–water partition coefficient (Wildman–Crippen LogP) is 3.23. The molecule has 0 radical (unpaired) electrons. The Kier molecular flexibility index (Phi) is 4.23. The Morgan fingerprint density at radius 2 is 1.95 bits per heavy atom. The van der Waals surface area contributed by atoms with Crippen LogP contribution < -0.4 is 5.43 Å². The van der Waals surface area contributed by atoms with Crippen molar-refractivity contribution in [3.05, 3.63) is 59.2 Å². The van der Waals surface area contributed by atoms with Gasteiger partial charge in [0, 0.05) is 5.56 Å². The van der Waals surface area contributed by atoms with Crippen molar-refractivity contribution in [1.82, 2.24) is 0 Å². The first-order valence-corrected chi connectivity index (χ1v) is 6.41. The molecule has 5 heteroatoms. The summed E-state index contributed by atoms with van der Waals surface area (Å²) in [7, 11) is 0. The quantitative estimate of drug-likeness (QED) is 0.594. The van der Waals surface area contributed by atoms with Crippen LogP contribution >= 0.6 is 0 Å². The third-order valence-corrected chi connectivity index (χ3v) is 3.00. The van der Waals surface area contributed by atoms with Gasteiger partial charge in [-0.2, -0.15) is 5.10 Å². The van der Waals surface area contributed by atoms with Gasteiger partial charge in [0.1, 0.15) is 5.75 Å². The van der Waals surface area contributed by atoms with Gasteiger partial charge < -0.3 is 10.2 Å². The van der Waals surface area contributed by atoms with Gasteiger partial charge in [-0.25, -0.2) is 4.79 Å². The summed E-state index contributed by atoms with van der Waals surface area (Å²) in [6.45, 7) is 3.70. The summed E-state index contributed by atoms with van der Waals surface area (Å²) >= 11 is 0. The number of hydrogen-bond donors (Lipinski definition) is 3. The Morgan fingerprint density at radius 3 is 2.67 bits per heavy atom. The summed E-state index contributed by atoms with van der Waals surface area (Å²) in [6.07, 6.45) is 0. The molecule has 0 spiro atoms. The Balaban J connectivity index is 2.22. The summed E-state index contributed by atoms with van der Waals surface area (Å²) in [5.41, 5.74) is 5.82. The Bertz CT molecular complexity index is 708. The minimum Gasteiger partial charge on any atom is -0.507 e. The van der Waals surface area contributed by atoms with Crippen LogP contribution in [0.25, 0.3) is 0 Å². The zero-order chi connectivity index (χ0) is 15.4. The molecule has 2 aromatic carbocycles. The van der Waals surface area contributed by atoms with Gasteiger partial charge in [0.05, 0.1) is 17.0 Å². The number of hydrazone groups is 1. The molecule has 0 aliphatic heterocycles. The van der Waals surface area contributed by atoms with Crippen LogP contribution in [0.1, 0.15) is 28.4 Å². The number of carboxylic acids is 1. The van der Waals surface area contributed by atoms with Gasteiger partial charge in [-0.3, -0.25) is 5.43 Å². The highest BCUT2D eigenvalue weighted by atomic mass is 16.4. The van der Waals surface area contributed by atoms with Gasteiger partial charge >= 0.3 is 5.97 Å². The smallest absolute Gasteiger partial charge is 0.335 e. The lowest BCUT2D eigenvalue weighted by atomic mass is 10.1. The van der Waals surface area contributed by atoms with Gasteiger partial charge in [0.25, 0.3) is 0 Å². The molecule has 0 fully saturated rings. The van der Waals surface area contributed by atoms with Crippen molar-refractivity contribution in [1.29, 1.82) is 0 Å². The molecule has 3 N–H and O–H groups in total. The lowest BCUT2D eigenvalue weighted by molar-refractivity contribution is 0.0697. The standard InChI is InChI=1S/C16H16N2O3/c1-10-6-7-15(19)14(8-10)11(2)17-18-13-5-3-4-12(9-13)16(20)21/h3-9,18-19H,1-2H3,(H,20,21)/b17-11-. The fourth-order valence-corrected chi connectivity index (χ4v) is 1.87. The number of aromatic hydroxyl groups is 1. The van der Waals surface area contributed by atoms with Crippen molar-refractivity contribution in [2.45, 2.75) is 13.8 Å². The number of carboxylic acid groups (broad SMARTS) is 1. The Morgan fingerprint density at radius 1 is 1.19 bits per heavy atom. The van der Waals surface area contributed by atoms with E-state index in [4.69, 9.17) is 5.11 Å². The van der Waals surface area contributed by atoms with Crippen LogP contribution in [0, 0.1) is 6.92 Å². The molecular weight excluding hydrogens is 268 g/mol. The molecule has 0 unspecified atom stereocenters. The molecule has 0 bridgehead atoms.